The highest BCUT2D eigenvalue weighted by molar-refractivity contribution is 6.06. The van der Waals surface area contributed by atoms with Crippen LogP contribution in [0.25, 0.3) is 22.3 Å². The molecule has 2 bridgehead atoms. The van der Waals surface area contributed by atoms with Gasteiger partial charge in [0.25, 0.3) is 5.91 Å². The second-order valence-corrected chi connectivity index (χ2v) is 8.30. The van der Waals surface area contributed by atoms with E-state index in [1.54, 1.807) is 6.20 Å². The molecule has 2 atom stereocenters. The van der Waals surface area contributed by atoms with Crippen molar-refractivity contribution in [2.45, 2.75) is 57.3 Å². The summed E-state index contributed by atoms with van der Waals surface area (Å²) in [4.78, 5) is 20.4. The number of hydrogen-bond donors (Lipinski definition) is 1. The van der Waals surface area contributed by atoms with Crippen LogP contribution in [0.4, 0.5) is 0 Å². The van der Waals surface area contributed by atoms with Crippen LogP contribution >= 0.6 is 24.8 Å². The Hall–Kier alpha value is -2.15. The van der Waals surface area contributed by atoms with Gasteiger partial charge in [0.15, 0.2) is 5.65 Å². The van der Waals surface area contributed by atoms with E-state index in [4.69, 9.17) is 4.98 Å². The molecule has 5 rings (SSSR count). The molecular formula is C23H29Cl2N5O. The van der Waals surface area contributed by atoms with E-state index in [0.717, 1.165) is 41.7 Å². The Morgan fingerprint density at radius 3 is 2.48 bits per heavy atom. The Balaban J connectivity index is 0.00000136. The zero-order chi connectivity index (χ0) is 20.0. The molecule has 0 radical (unpaired) electrons. The number of piperidine rings is 1. The normalized spacial score (nSPS) is 21.9. The van der Waals surface area contributed by atoms with Gasteiger partial charge in [0.1, 0.15) is 0 Å². The second kappa shape index (κ2) is 9.55. The van der Waals surface area contributed by atoms with Crippen molar-refractivity contribution in [3.8, 4) is 11.3 Å². The molecule has 1 aromatic carbocycles. The van der Waals surface area contributed by atoms with Gasteiger partial charge in [-0.1, -0.05) is 30.3 Å². The molecule has 2 aromatic heterocycles. The van der Waals surface area contributed by atoms with Gasteiger partial charge in [-0.15, -0.1) is 24.8 Å². The van der Waals surface area contributed by atoms with Crippen molar-refractivity contribution >= 4 is 41.8 Å². The third-order valence-corrected chi connectivity index (χ3v) is 6.52. The zero-order valence-electron chi connectivity index (χ0n) is 17.8. The highest BCUT2D eigenvalue weighted by Crippen LogP contribution is 2.31. The maximum atomic E-state index is 13.6. The number of rotatable bonds is 4. The van der Waals surface area contributed by atoms with Crippen LogP contribution < -0.4 is 5.32 Å². The number of amides is 1. The van der Waals surface area contributed by atoms with E-state index in [1.807, 2.05) is 60.0 Å². The van der Waals surface area contributed by atoms with Crippen LogP contribution in [0.1, 0.15) is 43.0 Å². The number of pyridine rings is 1. The molecule has 4 heterocycles. The number of carbonyl (C=O) groups is 1. The Morgan fingerprint density at radius 2 is 1.84 bits per heavy atom. The highest BCUT2D eigenvalue weighted by atomic mass is 35.5. The number of aryl methyl sites for hydroxylation is 1. The van der Waals surface area contributed by atoms with Crippen molar-refractivity contribution in [2.75, 3.05) is 7.05 Å². The largest absolute Gasteiger partial charge is 0.339 e. The van der Waals surface area contributed by atoms with Crippen molar-refractivity contribution in [1.82, 2.24) is 25.0 Å². The van der Waals surface area contributed by atoms with Crippen LogP contribution in [-0.4, -0.2) is 50.7 Å². The molecule has 0 spiro atoms. The van der Waals surface area contributed by atoms with Crippen molar-refractivity contribution in [1.29, 1.82) is 0 Å². The molecule has 1 amide bonds. The molecule has 0 saturated carbocycles. The Bertz CT molecular complexity index is 1040. The molecular weight excluding hydrogens is 433 g/mol. The summed E-state index contributed by atoms with van der Waals surface area (Å²) in [5, 5.41) is 8.97. The first-order valence-corrected chi connectivity index (χ1v) is 10.6. The maximum Gasteiger partial charge on any atom is 0.254 e. The molecule has 3 aromatic rings. The molecule has 2 aliphatic rings. The molecule has 2 unspecified atom stereocenters. The van der Waals surface area contributed by atoms with E-state index in [-0.39, 0.29) is 36.8 Å². The van der Waals surface area contributed by atoms with E-state index in [9.17, 15) is 4.79 Å². The van der Waals surface area contributed by atoms with Crippen LogP contribution in [0.5, 0.6) is 0 Å². The average Bonchev–Trinajstić information content (AvgIpc) is 3.34. The minimum Gasteiger partial charge on any atom is -0.339 e. The van der Waals surface area contributed by atoms with E-state index >= 15 is 0 Å². The number of aromatic nitrogens is 3. The number of fused-ring (bicyclic) bond motifs is 3. The molecule has 31 heavy (non-hydrogen) atoms. The van der Waals surface area contributed by atoms with Crippen molar-refractivity contribution < 1.29 is 4.79 Å². The second-order valence-electron chi connectivity index (χ2n) is 8.30. The average molecular weight is 462 g/mol. The van der Waals surface area contributed by atoms with E-state index in [1.165, 1.54) is 12.8 Å². The first kappa shape index (κ1) is 23.5. The molecule has 2 fully saturated rings. The predicted octanol–water partition coefficient (Wildman–Crippen LogP) is 4.32. The van der Waals surface area contributed by atoms with Crippen LogP contribution in [0.15, 0.2) is 42.6 Å². The van der Waals surface area contributed by atoms with Gasteiger partial charge in [-0.25, -0.2) is 9.67 Å². The Labute approximate surface area is 195 Å². The molecule has 166 valence electrons. The fourth-order valence-electron chi connectivity index (χ4n) is 4.91. The monoisotopic (exact) mass is 461 g/mol. The number of nitrogens with zero attached hydrogens (tertiary/aromatic N) is 4. The molecule has 1 N–H and O–H groups in total. The summed E-state index contributed by atoms with van der Waals surface area (Å²) in [6.07, 6.45) is 6.31. The topological polar surface area (TPSA) is 63.1 Å². The summed E-state index contributed by atoms with van der Waals surface area (Å²) in [7, 11) is 1.95. The predicted molar refractivity (Wildman–Crippen MR) is 128 cm³/mol. The minimum absolute atomic E-state index is 0. The SMILES string of the molecule is CCn1ncc2c(C(=O)N(C)C3CC4CCC(C3)N4)cc(-c3ccccc3)nc21.Cl.Cl. The highest BCUT2D eigenvalue weighted by Gasteiger charge is 2.37. The van der Waals surface area contributed by atoms with Gasteiger partial charge in [0.2, 0.25) is 0 Å². The third kappa shape index (κ3) is 4.29. The van der Waals surface area contributed by atoms with E-state index in [0.29, 0.717) is 17.6 Å². The molecule has 6 nitrogen and oxygen atoms in total. The molecule has 8 heteroatoms. The molecule has 2 saturated heterocycles. The van der Waals surface area contributed by atoms with Crippen LogP contribution in [0.3, 0.4) is 0 Å². The summed E-state index contributed by atoms with van der Waals surface area (Å²) in [5.41, 5.74) is 3.29. The Morgan fingerprint density at radius 1 is 1.16 bits per heavy atom. The van der Waals surface area contributed by atoms with Gasteiger partial charge >= 0.3 is 0 Å². The molecule has 2 aliphatic heterocycles. The summed E-state index contributed by atoms with van der Waals surface area (Å²) < 4.78 is 1.86. The quantitative estimate of drug-likeness (QED) is 0.628. The number of nitrogens with one attached hydrogen (secondary N) is 1. The van der Waals surface area contributed by atoms with E-state index in [2.05, 4.69) is 10.4 Å². The number of hydrogen-bond acceptors (Lipinski definition) is 4. The summed E-state index contributed by atoms with van der Waals surface area (Å²) >= 11 is 0. The van der Waals surface area contributed by atoms with Gasteiger partial charge < -0.3 is 10.2 Å². The summed E-state index contributed by atoms with van der Waals surface area (Å²) in [6, 6.07) is 13.4. The number of halogens is 2. The lowest BCUT2D eigenvalue weighted by molar-refractivity contribution is 0.0683. The third-order valence-electron chi connectivity index (χ3n) is 6.52. The van der Waals surface area contributed by atoms with Crippen molar-refractivity contribution in [2.24, 2.45) is 0 Å². The van der Waals surface area contributed by atoms with E-state index < -0.39 is 0 Å². The zero-order valence-corrected chi connectivity index (χ0v) is 19.5. The van der Waals surface area contributed by atoms with Gasteiger partial charge in [0.05, 0.1) is 22.8 Å². The first-order chi connectivity index (χ1) is 14.1. The van der Waals surface area contributed by atoms with Crippen LogP contribution in [-0.2, 0) is 6.54 Å². The van der Waals surface area contributed by atoms with Crippen LogP contribution in [0.2, 0.25) is 0 Å². The standard InChI is InChI=1S/C23H27N5O.2ClH/c1-3-28-22-20(14-24-28)19(13-21(26-22)15-7-5-4-6-8-15)23(29)27(2)18-11-16-9-10-17(12-18)25-16;;/h4-8,13-14,16-18,25H,3,9-12H2,1-2H3;2*1H. The lowest BCUT2D eigenvalue weighted by atomic mass is 9.97. The van der Waals surface area contributed by atoms with Crippen molar-refractivity contribution in [3.63, 3.8) is 0 Å². The van der Waals surface area contributed by atoms with Gasteiger partial charge in [-0.3, -0.25) is 4.79 Å². The lowest BCUT2D eigenvalue weighted by Gasteiger charge is -2.35. The molecule has 0 aliphatic carbocycles. The number of carbonyl (C=O) groups excluding carboxylic acids is 1. The summed E-state index contributed by atoms with van der Waals surface area (Å²) in [6.45, 7) is 2.76. The fraction of sp³-hybridized carbons (Fsp3) is 0.435. The smallest absolute Gasteiger partial charge is 0.254 e. The van der Waals surface area contributed by atoms with Crippen LogP contribution in [0, 0.1) is 0 Å². The van der Waals surface area contributed by atoms with Gasteiger partial charge in [-0.2, -0.15) is 5.10 Å². The van der Waals surface area contributed by atoms with Crippen molar-refractivity contribution in [3.05, 3.63) is 48.2 Å². The Kier molecular flexibility index (Phi) is 7.24. The maximum absolute atomic E-state index is 13.6. The number of benzene rings is 1. The van der Waals surface area contributed by atoms with Gasteiger partial charge in [-0.05, 0) is 38.7 Å². The fourth-order valence-corrected chi connectivity index (χ4v) is 4.91. The van der Waals surface area contributed by atoms with Gasteiger partial charge in [0, 0.05) is 37.3 Å². The summed E-state index contributed by atoms with van der Waals surface area (Å²) in [5.74, 6) is 0.0662. The first-order valence-electron chi connectivity index (χ1n) is 10.6. The minimum atomic E-state index is 0. The lowest BCUT2D eigenvalue weighted by Crippen LogP contribution is -2.48.